The minimum Gasteiger partial charge on any atom is -0.303 e. The van der Waals surface area contributed by atoms with Crippen LogP contribution < -0.4 is 0 Å². The van der Waals surface area contributed by atoms with Crippen molar-refractivity contribution in [3.05, 3.63) is 0 Å². The van der Waals surface area contributed by atoms with Crippen LogP contribution in [0.5, 0.6) is 0 Å². The molecule has 4 saturated heterocycles. The second-order valence-corrected chi connectivity index (χ2v) is 12.6. The third-order valence-corrected chi connectivity index (χ3v) is 11.5. The topological polar surface area (TPSA) is 6.48 Å². The smallest absolute Gasteiger partial charge is 0.149 e. The molecule has 0 N–H and O–H groups in total. The van der Waals surface area contributed by atoms with E-state index in [1.807, 2.05) is 0 Å². The van der Waals surface area contributed by atoms with Crippen molar-refractivity contribution in [1.82, 2.24) is 9.80 Å². The molecule has 0 aliphatic carbocycles. The molecule has 4 heterocycles. The fourth-order valence-corrected chi connectivity index (χ4v) is 8.50. The highest BCUT2D eigenvalue weighted by atomic mass is 15.2. The van der Waals surface area contributed by atoms with E-state index in [0.29, 0.717) is 0 Å². The van der Waals surface area contributed by atoms with Gasteiger partial charge in [0.25, 0.3) is 0 Å². The second-order valence-electron chi connectivity index (χ2n) is 12.6. The quantitative estimate of drug-likeness (QED) is 0.480. The fraction of sp³-hybridized carbons (Fsp3) is 1.00. The summed E-state index contributed by atoms with van der Waals surface area (Å²) in [5.74, 6) is 5.93. The highest BCUT2D eigenvalue weighted by molar-refractivity contribution is 6.63. The molecular formula is C26H50B2N2. The molecule has 4 heteroatoms. The van der Waals surface area contributed by atoms with Crippen molar-refractivity contribution in [3.8, 4) is 0 Å². The predicted octanol–water partition coefficient (Wildman–Crippen LogP) is 6.11. The lowest BCUT2D eigenvalue weighted by molar-refractivity contribution is 0.0552. The van der Waals surface area contributed by atoms with Gasteiger partial charge in [-0.15, -0.1) is 0 Å². The maximum atomic E-state index is 3.02. The molecule has 0 amide bonds. The molecule has 4 rings (SSSR count). The summed E-state index contributed by atoms with van der Waals surface area (Å²) >= 11 is 0. The molecule has 0 aromatic rings. The SMILES string of the molecule is CCB1CC2CB3CCN4C(C)C(C)C(C)C(C)C(C)C(C)CC4C3CN2CC1C. The van der Waals surface area contributed by atoms with Crippen LogP contribution in [0.25, 0.3) is 0 Å². The fourth-order valence-electron chi connectivity index (χ4n) is 8.50. The van der Waals surface area contributed by atoms with Crippen molar-refractivity contribution in [2.75, 3.05) is 19.6 Å². The van der Waals surface area contributed by atoms with Gasteiger partial charge in [-0.25, -0.2) is 0 Å². The van der Waals surface area contributed by atoms with Crippen molar-refractivity contribution in [2.45, 2.75) is 117 Å². The van der Waals surface area contributed by atoms with Crippen molar-refractivity contribution in [1.29, 1.82) is 0 Å². The molecular weight excluding hydrogens is 362 g/mol. The van der Waals surface area contributed by atoms with Gasteiger partial charge in [0, 0.05) is 12.1 Å². The summed E-state index contributed by atoms with van der Waals surface area (Å²) in [7, 11) is 0. The van der Waals surface area contributed by atoms with Crippen LogP contribution >= 0.6 is 0 Å². The highest BCUT2D eigenvalue weighted by Crippen LogP contribution is 2.47. The lowest BCUT2D eigenvalue weighted by atomic mass is 9.28. The summed E-state index contributed by atoms with van der Waals surface area (Å²) < 4.78 is 0. The van der Waals surface area contributed by atoms with E-state index < -0.39 is 0 Å². The molecule has 170 valence electrons. The largest absolute Gasteiger partial charge is 0.303 e. The highest BCUT2D eigenvalue weighted by Gasteiger charge is 2.50. The summed E-state index contributed by atoms with van der Waals surface area (Å²) in [6.07, 6.45) is 7.26. The van der Waals surface area contributed by atoms with Crippen molar-refractivity contribution in [3.63, 3.8) is 0 Å². The first kappa shape index (κ1) is 23.2. The standard InChI is InChI=1S/C26H50B2N2/c1-9-27-13-24-14-28-10-11-30-23(8)22(7)21(6)20(5)19(4)17(2)12-26(30)25(28)16-29(24)15-18(27)3/h17-26H,9-16H2,1-8H3. The molecule has 0 aromatic heterocycles. The molecule has 10 atom stereocenters. The van der Waals surface area contributed by atoms with E-state index in [-0.39, 0.29) is 0 Å². The first-order valence-electron chi connectivity index (χ1n) is 13.7. The molecule has 10 unspecified atom stereocenters. The Kier molecular flexibility index (Phi) is 7.06. The maximum absolute atomic E-state index is 3.02. The minimum absolute atomic E-state index is 0.730. The molecule has 0 aromatic carbocycles. The first-order chi connectivity index (χ1) is 14.2. The Hall–Kier alpha value is 0.0499. The van der Waals surface area contributed by atoms with Crippen molar-refractivity contribution >= 4 is 13.4 Å². The van der Waals surface area contributed by atoms with Crippen LogP contribution in [0.4, 0.5) is 0 Å². The van der Waals surface area contributed by atoms with Gasteiger partial charge in [-0.2, -0.15) is 0 Å². The van der Waals surface area contributed by atoms with E-state index in [9.17, 15) is 0 Å². The maximum Gasteiger partial charge on any atom is 0.149 e. The third kappa shape index (κ3) is 4.07. The normalized spacial score (nSPS) is 48.8. The van der Waals surface area contributed by atoms with Gasteiger partial charge < -0.3 is 4.90 Å². The molecule has 4 fully saturated rings. The number of rotatable bonds is 1. The third-order valence-electron chi connectivity index (χ3n) is 11.5. The number of hydrogen-bond donors (Lipinski definition) is 0. The Morgan fingerprint density at radius 2 is 1.53 bits per heavy atom. The molecule has 0 spiro atoms. The number of fused-ring (bicyclic) bond motifs is 4. The van der Waals surface area contributed by atoms with E-state index >= 15 is 0 Å². The molecule has 30 heavy (non-hydrogen) atoms. The van der Waals surface area contributed by atoms with E-state index in [1.165, 1.54) is 51.3 Å². The van der Waals surface area contributed by atoms with Gasteiger partial charge in [-0.05, 0) is 74.4 Å². The van der Waals surface area contributed by atoms with Gasteiger partial charge in [-0.1, -0.05) is 79.6 Å². The Balaban J connectivity index is 1.58. The van der Waals surface area contributed by atoms with E-state index in [1.54, 1.807) is 0 Å². The molecule has 4 aliphatic rings. The minimum atomic E-state index is 0.730. The van der Waals surface area contributed by atoms with Crippen LogP contribution in [-0.2, 0) is 0 Å². The summed E-state index contributed by atoms with van der Waals surface area (Å²) in [5, 5.41) is 0. The molecule has 0 saturated carbocycles. The Morgan fingerprint density at radius 1 is 0.833 bits per heavy atom. The monoisotopic (exact) mass is 412 g/mol. The zero-order valence-corrected chi connectivity index (χ0v) is 21.5. The molecule has 2 nitrogen and oxygen atoms in total. The summed E-state index contributed by atoms with van der Waals surface area (Å²) in [6, 6.07) is 2.44. The summed E-state index contributed by atoms with van der Waals surface area (Å²) in [5.41, 5.74) is 0. The summed E-state index contributed by atoms with van der Waals surface area (Å²) in [4.78, 5) is 5.98. The van der Waals surface area contributed by atoms with Gasteiger partial charge in [0.05, 0.1) is 0 Å². The predicted molar refractivity (Wildman–Crippen MR) is 135 cm³/mol. The van der Waals surface area contributed by atoms with Crippen molar-refractivity contribution in [2.24, 2.45) is 29.6 Å². The van der Waals surface area contributed by atoms with Gasteiger partial charge in [0.2, 0.25) is 0 Å². The van der Waals surface area contributed by atoms with E-state index in [4.69, 9.17) is 0 Å². The van der Waals surface area contributed by atoms with Gasteiger partial charge in [-0.3, -0.25) is 4.90 Å². The van der Waals surface area contributed by atoms with Gasteiger partial charge in [0.15, 0.2) is 0 Å². The van der Waals surface area contributed by atoms with Crippen LogP contribution in [0.1, 0.15) is 61.8 Å². The Bertz CT molecular complexity index is 585. The number of hydrogen-bond acceptors (Lipinski definition) is 2. The van der Waals surface area contributed by atoms with E-state index in [2.05, 4.69) is 65.2 Å². The van der Waals surface area contributed by atoms with Crippen molar-refractivity contribution < 1.29 is 0 Å². The summed E-state index contributed by atoms with van der Waals surface area (Å²) in [6.45, 7) is 26.4. The first-order valence-corrected chi connectivity index (χ1v) is 13.7. The molecule has 0 bridgehead atoms. The second kappa shape index (κ2) is 9.12. The Labute approximate surface area is 189 Å². The average Bonchev–Trinajstić information content (AvgIpc) is 2.76. The average molecular weight is 412 g/mol. The Morgan fingerprint density at radius 3 is 2.23 bits per heavy atom. The zero-order chi connectivity index (χ0) is 21.7. The van der Waals surface area contributed by atoms with Crippen LogP contribution in [0.2, 0.25) is 36.9 Å². The van der Waals surface area contributed by atoms with Gasteiger partial charge in [0.1, 0.15) is 13.4 Å². The molecule has 0 radical (unpaired) electrons. The van der Waals surface area contributed by atoms with Crippen LogP contribution in [0, 0.1) is 29.6 Å². The van der Waals surface area contributed by atoms with E-state index in [0.717, 1.165) is 72.8 Å². The lowest BCUT2D eigenvalue weighted by Crippen LogP contribution is -2.63. The zero-order valence-electron chi connectivity index (χ0n) is 21.5. The van der Waals surface area contributed by atoms with Crippen LogP contribution in [0.3, 0.4) is 0 Å². The lowest BCUT2D eigenvalue weighted by Gasteiger charge is -2.56. The molecule has 4 aliphatic heterocycles. The van der Waals surface area contributed by atoms with Gasteiger partial charge >= 0.3 is 0 Å². The number of nitrogens with zero attached hydrogens (tertiary/aromatic N) is 2. The van der Waals surface area contributed by atoms with Crippen LogP contribution in [0.15, 0.2) is 0 Å². The van der Waals surface area contributed by atoms with Crippen LogP contribution in [-0.4, -0.2) is 61.0 Å².